The van der Waals surface area contributed by atoms with Gasteiger partial charge in [0.15, 0.2) is 0 Å². The molecule has 2 amide bonds. The summed E-state index contributed by atoms with van der Waals surface area (Å²) < 4.78 is 0. The number of hydrogen-bond donors (Lipinski definition) is 1. The third kappa shape index (κ3) is 2.25. The van der Waals surface area contributed by atoms with Gasteiger partial charge in [0, 0.05) is 18.5 Å². The Labute approximate surface area is 109 Å². The monoisotopic (exact) mass is 252 g/mol. The molecule has 102 valence electrons. The van der Waals surface area contributed by atoms with Gasteiger partial charge in [0.2, 0.25) is 11.8 Å². The van der Waals surface area contributed by atoms with Crippen LogP contribution in [-0.4, -0.2) is 34.8 Å². The van der Waals surface area contributed by atoms with Crippen molar-refractivity contribution in [1.82, 2.24) is 10.2 Å². The predicted molar refractivity (Wildman–Crippen MR) is 70.0 cm³/mol. The molecule has 1 aliphatic heterocycles. The molecule has 1 heterocycles. The molecule has 4 heteroatoms. The highest BCUT2D eigenvalue weighted by atomic mass is 16.2. The molecule has 2 rings (SSSR count). The molecule has 1 saturated carbocycles. The van der Waals surface area contributed by atoms with Crippen LogP contribution < -0.4 is 5.32 Å². The number of rotatable bonds is 4. The van der Waals surface area contributed by atoms with E-state index in [1.807, 2.05) is 11.8 Å². The van der Waals surface area contributed by atoms with Gasteiger partial charge in [-0.1, -0.05) is 20.3 Å². The number of nitrogens with zero attached hydrogens (tertiary/aromatic N) is 1. The van der Waals surface area contributed by atoms with Crippen molar-refractivity contribution in [2.75, 3.05) is 6.54 Å². The smallest absolute Gasteiger partial charge is 0.245 e. The van der Waals surface area contributed by atoms with Crippen LogP contribution in [0.3, 0.4) is 0 Å². The van der Waals surface area contributed by atoms with Crippen molar-refractivity contribution in [2.24, 2.45) is 0 Å². The van der Waals surface area contributed by atoms with E-state index < -0.39 is 0 Å². The van der Waals surface area contributed by atoms with Crippen LogP contribution in [0.5, 0.6) is 0 Å². The van der Waals surface area contributed by atoms with Crippen LogP contribution >= 0.6 is 0 Å². The van der Waals surface area contributed by atoms with Crippen LogP contribution in [0.4, 0.5) is 0 Å². The molecule has 0 aromatic carbocycles. The standard InChI is InChI=1S/C14H24N2O2/c1-3-6-11-13(18)16(10-7-12(17)15-11)14(4-2)8-5-9-14/h11H,3-10H2,1-2H3,(H,15,17). The lowest BCUT2D eigenvalue weighted by Gasteiger charge is -2.50. The molecular weight excluding hydrogens is 228 g/mol. The fourth-order valence-electron chi connectivity index (χ4n) is 3.19. The van der Waals surface area contributed by atoms with Gasteiger partial charge in [-0.2, -0.15) is 0 Å². The maximum Gasteiger partial charge on any atom is 0.245 e. The molecule has 0 aromatic rings. The number of carbonyl (C=O) groups excluding carboxylic acids is 2. The summed E-state index contributed by atoms with van der Waals surface area (Å²) in [5, 5.41) is 2.87. The van der Waals surface area contributed by atoms with Gasteiger partial charge in [0.1, 0.15) is 6.04 Å². The highest BCUT2D eigenvalue weighted by Gasteiger charge is 2.45. The zero-order valence-corrected chi connectivity index (χ0v) is 11.5. The molecule has 4 nitrogen and oxygen atoms in total. The van der Waals surface area contributed by atoms with Crippen molar-refractivity contribution in [3.05, 3.63) is 0 Å². The maximum absolute atomic E-state index is 12.6. The van der Waals surface area contributed by atoms with E-state index in [4.69, 9.17) is 0 Å². The lowest BCUT2D eigenvalue weighted by molar-refractivity contribution is -0.143. The van der Waals surface area contributed by atoms with Crippen LogP contribution in [-0.2, 0) is 9.59 Å². The van der Waals surface area contributed by atoms with Crippen LogP contribution in [0.15, 0.2) is 0 Å². The van der Waals surface area contributed by atoms with E-state index >= 15 is 0 Å². The molecule has 2 fully saturated rings. The summed E-state index contributed by atoms with van der Waals surface area (Å²) in [6.07, 6.45) is 6.53. The zero-order chi connectivity index (χ0) is 13.2. The molecule has 1 saturated heterocycles. The second kappa shape index (κ2) is 5.29. The third-order valence-electron chi connectivity index (χ3n) is 4.55. The van der Waals surface area contributed by atoms with Gasteiger partial charge in [-0.25, -0.2) is 0 Å². The van der Waals surface area contributed by atoms with Crippen LogP contribution in [0, 0.1) is 0 Å². The number of carbonyl (C=O) groups is 2. The van der Waals surface area contributed by atoms with Crippen molar-refractivity contribution in [3.63, 3.8) is 0 Å². The first-order valence-corrected chi connectivity index (χ1v) is 7.24. The third-order valence-corrected chi connectivity index (χ3v) is 4.55. The topological polar surface area (TPSA) is 49.4 Å². The summed E-state index contributed by atoms with van der Waals surface area (Å²) in [6.45, 7) is 4.80. The zero-order valence-electron chi connectivity index (χ0n) is 11.5. The first kappa shape index (κ1) is 13.4. The Morgan fingerprint density at radius 1 is 1.33 bits per heavy atom. The van der Waals surface area contributed by atoms with E-state index in [2.05, 4.69) is 12.2 Å². The second-order valence-electron chi connectivity index (χ2n) is 5.58. The van der Waals surface area contributed by atoms with E-state index in [1.165, 1.54) is 6.42 Å². The Balaban J connectivity index is 2.18. The minimum atomic E-state index is -0.297. The Morgan fingerprint density at radius 3 is 2.56 bits per heavy atom. The fraction of sp³-hybridized carbons (Fsp3) is 0.857. The molecule has 1 N–H and O–H groups in total. The number of amides is 2. The normalized spacial score (nSPS) is 27.4. The SMILES string of the molecule is CCCC1NC(=O)CCN(C2(CC)CCC2)C1=O. The van der Waals surface area contributed by atoms with Gasteiger partial charge in [-0.3, -0.25) is 9.59 Å². The van der Waals surface area contributed by atoms with Gasteiger partial charge >= 0.3 is 0 Å². The maximum atomic E-state index is 12.6. The Morgan fingerprint density at radius 2 is 2.06 bits per heavy atom. The molecule has 0 bridgehead atoms. The number of nitrogens with one attached hydrogen (secondary N) is 1. The molecule has 18 heavy (non-hydrogen) atoms. The van der Waals surface area contributed by atoms with Crippen molar-refractivity contribution in [3.8, 4) is 0 Å². The van der Waals surface area contributed by atoms with E-state index in [0.29, 0.717) is 13.0 Å². The fourth-order valence-corrected chi connectivity index (χ4v) is 3.19. The van der Waals surface area contributed by atoms with E-state index in [0.717, 1.165) is 32.1 Å². The van der Waals surface area contributed by atoms with Gasteiger partial charge in [-0.15, -0.1) is 0 Å². The Kier molecular flexibility index (Phi) is 3.93. The van der Waals surface area contributed by atoms with Gasteiger partial charge in [0.25, 0.3) is 0 Å². The van der Waals surface area contributed by atoms with Crippen molar-refractivity contribution in [2.45, 2.75) is 70.4 Å². The molecule has 1 aliphatic carbocycles. The number of hydrogen-bond acceptors (Lipinski definition) is 2. The van der Waals surface area contributed by atoms with Crippen molar-refractivity contribution in [1.29, 1.82) is 0 Å². The van der Waals surface area contributed by atoms with Gasteiger partial charge in [-0.05, 0) is 32.1 Å². The Hall–Kier alpha value is -1.06. The molecule has 0 radical (unpaired) electrons. The average Bonchev–Trinajstić information content (AvgIpc) is 2.42. The highest BCUT2D eigenvalue weighted by molar-refractivity contribution is 5.90. The molecule has 0 spiro atoms. The summed E-state index contributed by atoms with van der Waals surface area (Å²) in [4.78, 5) is 26.3. The summed E-state index contributed by atoms with van der Waals surface area (Å²) >= 11 is 0. The van der Waals surface area contributed by atoms with Crippen LogP contribution in [0.25, 0.3) is 0 Å². The minimum Gasteiger partial charge on any atom is -0.344 e. The van der Waals surface area contributed by atoms with Crippen LogP contribution in [0.1, 0.15) is 58.8 Å². The van der Waals surface area contributed by atoms with Crippen molar-refractivity contribution < 1.29 is 9.59 Å². The first-order chi connectivity index (χ1) is 8.63. The van der Waals surface area contributed by atoms with E-state index in [-0.39, 0.29) is 23.4 Å². The quantitative estimate of drug-likeness (QED) is 0.830. The first-order valence-electron chi connectivity index (χ1n) is 7.24. The van der Waals surface area contributed by atoms with Crippen molar-refractivity contribution >= 4 is 11.8 Å². The van der Waals surface area contributed by atoms with E-state index in [1.54, 1.807) is 0 Å². The highest BCUT2D eigenvalue weighted by Crippen LogP contribution is 2.41. The Bertz CT molecular complexity index is 331. The summed E-state index contributed by atoms with van der Waals surface area (Å²) in [7, 11) is 0. The minimum absolute atomic E-state index is 0.0230. The summed E-state index contributed by atoms with van der Waals surface area (Å²) in [5.41, 5.74) is 0.0510. The van der Waals surface area contributed by atoms with Gasteiger partial charge < -0.3 is 10.2 Å². The summed E-state index contributed by atoms with van der Waals surface area (Å²) in [5.74, 6) is 0.166. The van der Waals surface area contributed by atoms with E-state index in [9.17, 15) is 9.59 Å². The molecule has 1 atom stereocenters. The average molecular weight is 252 g/mol. The predicted octanol–water partition coefficient (Wildman–Crippen LogP) is 1.84. The molecule has 1 unspecified atom stereocenters. The van der Waals surface area contributed by atoms with Crippen LogP contribution in [0.2, 0.25) is 0 Å². The lowest BCUT2D eigenvalue weighted by atomic mass is 9.73. The molecule has 0 aromatic heterocycles. The summed E-state index contributed by atoms with van der Waals surface area (Å²) in [6, 6.07) is -0.297. The lowest BCUT2D eigenvalue weighted by Crippen LogP contribution is -2.58. The molecule has 2 aliphatic rings. The van der Waals surface area contributed by atoms with Gasteiger partial charge in [0.05, 0.1) is 0 Å². The second-order valence-corrected chi connectivity index (χ2v) is 5.58. The molecular formula is C14H24N2O2. The largest absolute Gasteiger partial charge is 0.344 e.